The molecule has 0 radical (unpaired) electrons. The lowest BCUT2D eigenvalue weighted by atomic mass is 9.82. The van der Waals surface area contributed by atoms with Gasteiger partial charge in [0.15, 0.2) is 11.5 Å². The van der Waals surface area contributed by atoms with E-state index in [-0.39, 0.29) is 0 Å². The van der Waals surface area contributed by atoms with E-state index >= 15 is 0 Å². The van der Waals surface area contributed by atoms with Crippen molar-refractivity contribution in [3.8, 4) is 0 Å². The van der Waals surface area contributed by atoms with Gasteiger partial charge in [-0.05, 0) is 48.1 Å². The quantitative estimate of drug-likeness (QED) is 0.642. The first-order valence-corrected chi connectivity index (χ1v) is 9.64. The van der Waals surface area contributed by atoms with Crippen LogP contribution in [-0.2, 0) is 6.54 Å². The van der Waals surface area contributed by atoms with E-state index in [1.54, 1.807) is 0 Å². The lowest BCUT2D eigenvalue weighted by Gasteiger charge is -2.45. The Balaban J connectivity index is 1.45. The number of aromatic nitrogens is 1. The molecule has 2 bridgehead atoms. The summed E-state index contributed by atoms with van der Waals surface area (Å²) >= 11 is 0. The third kappa shape index (κ3) is 2.86. The maximum absolute atomic E-state index is 5.63. The fourth-order valence-electron chi connectivity index (χ4n) is 4.61. The molecule has 3 heteroatoms. The number of benzene rings is 2. The van der Waals surface area contributed by atoms with Gasteiger partial charge in [-0.15, -0.1) is 0 Å². The van der Waals surface area contributed by atoms with E-state index in [0.29, 0.717) is 12.1 Å². The van der Waals surface area contributed by atoms with Gasteiger partial charge in [-0.1, -0.05) is 48.9 Å². The van der Waals surface area contributed by atoms with E-state index < -0.39 is 0 Å². The molecule has 2 aliphatic heterocycles. The molecule has 1 aromatic heterocycles. The second-order valence-corrected chi connectivity index (χ2v) is 7.62. The van der Waals surface area contributed by atoms with Gasteiger partial charge in [-0.2, -0.15) is 0 Å². The van der Waals surface area contributed by atoms with Crippen molar-refractivity contribution >= 4 is 16.7 Å². The van der Waals surface area contributed by atoms with Gasteiger partial charge in [0, 0.05) is 25.6 Å². The molecule has 5 rings (SSSR count). The summed E-state index contributed by atoms with van der Waals surface area (Å²) < 4.78 is 5.63. The highest BCUT2D eigenvalue weighted by Gasteiger charge is 2.34. The first-order chi connectivity index (χ1) is 12.8. The van der Waals surface area contributed by atoms with E-state index in [9.17, 15) is 0 Å². The van der Waals surface area contributed by atoms with E-state index in [2.05, 4.69) is 64.5 Å². The van der Waals surface area contributed by atoms with Crippen LogP contribution >= 0.6 is 0 Å². The highest BCUT2D eigenvalue weighted by molar-refractivity contribution is 5.80. The summed E-state index contributed by atoms with van der Waals surface area (Å²) in [6.45, 7) is 2.97. The summed E-state index contributed by atoms with van der Waals surface area (Å²) in [5.74, 6) is 0.737. The van der Waals surface area contributed by atoms with E-state index in [4.69, 9.17) is 4.42 Å². The Morgan fingerprint density at radius 3 is 2.85 bits per heavy atom. The second-order valence-electron chi connectivity index (χ2n) is 7.62. The van der Waals surface area contributed by atoms with Crippen molar-refractivity contribution in [1.29, 1.82) is 0 Å². The molecule has 2 atom stereocenters. The molecule has 3 heterocycles. The van der Waals surface area contributed by atoms with Crippen LogP contribution in [0.3, 0.4) is 0 Å². The fourth-order valence-corrected chi connectivity index (χ4v) is 4.61. The number of hydrogen-bond donors (Lipinski definition) is 0. The molecular weight excluding hydrogens is 320 g/mol. The molecular formula is C23H24N2O. The van der Waals surface area contributed by atoms with Crippen LogP contribution in [0.2, 0.25) is 0 Å². The summed E-state index contributed by atoms with van der Waals surface area (Å²) in [6, 6.07) is 18.5. The van der Waals surface area contributed by atoms with Crippen LogP contribution in [0.4, 0.5) is 0 Å². The second kappa shape index (κ2) is 6.40. The first kappa shape index (κ1) is 15.8. The number of nitrogens with zero attached hydrogens (tertiary/aromatic N) is 2. The van der Waals surface area contributed by atoms with E-state index in [1.807, 2.05) is 6.92 Å². The summed E-state index contributed by atoms with van der Waals surface area (Å²) in [6.07, 6.45) is 7.54. The lowest BCUT2D eigenvalue weighted by molar-refractivity contribution is 0.0951. The first-order valence-electron chi connectivity index (χ1n) is 9.64. The number of aryl methyl sites for hydroxylation is 1. The van der Waals surface area contributed by atoms with Crippen LogP contribution in [0.25, 0.3) is 16.7 Å². The number of oxazole rings is 1. The summed E-state index contributed by atoms with van der Waals surface area (Å²) in [7, 11) is 0. The molecule has 0 saturated carbocycles. The zero-order chi connectivity index (χ0) is 17.5. The number of fused-ring (bicyclic) bond motifs is 3. The van der Waals surface area contributed by atoms with E-state index in [0.717, 1.165) is 30.0 Å². The molecule has 0 spiro atoms. The summed E-state index contributed by atoms with van der Waals surface area (Å²) in [4.78, 5) is 7.22. The standard InChI is InChI=1S/C23H24N2O/c1-16-24-22-14-18(10-11-23(22)26-16)19-12-20-8-5-9-21(13-19)25(20)15-17-6-3-2-4-7-17/h2-4,6-7,10-12,14,20-21H,5,8-9,13,15H2,1H3. The molecule has 0 amide bonds. The van der Waals surface area contributed by atoms with Crippen molar-refractivity contribution in [2.24, 2.45) is 0 Å². The molecule has 3 aromatic rings. The van der Waals surface area contributed by atoms with Crippen molar-refractivity contribution in [2.45, 2.75) is 51.2 Å². The lowest BCUT2D eigenvalue weighted by Crippen LogP contribution is -2.47. The van der Waals surface area contributed by atoms with Gasteiger partial charge in [-0.3, -0.25) is 4.90 Å². The SMILES string of the molecule is Cc1nc2cc(C3=CC4CCCC(C3)N4Cc3ccccc3)ccc2o1. The minimum atomic E-state index is 0.549. The molecule has 3 nitrogen and oxygen atoms in total. The van der Waals surface area contributed by atoms with Gasteiger partial charge in [0.25, 0.3) is 0 Å². The van der Waals surface area contributed by atoms with Gasteiger partial charge >= 0.3 is 0 Å². The molecule has 132 valence electrons. The maximum Gasteiger partial charge on any atom is 0.192 e. The molecule has 0 N–H and O–H groups in total. The Hall–Kier alpha value is -2.39. The fraction of sp³-hybridized carbons (Fsp3) is 0.348. The highest BCUT2D eigenvalue weighted by atomic mass is 16.3. The average molecular weight is 344 g/mol. The Morgan fingerprint density at radius 1 is 1.12 bits per heavy atom. The van der Waals surface area contributed by atoms with Crippen LogP contribution in [-0.4, -0.2) is 22.0 Å². The van der Waals surface area contributed by atoms with Crippen LogP contribution < -0.4 is 0 Å². The minimum Gasteiger partial charge on any atom is -0.441 e. The van der Waals surface area contributed by atoms with Gasteiger partial charge in [0.1, 0.15) is 5.52 Å². The molecule has 2 aliphatic rings. The zero-order valence-corrected chi connectivity index (χ0v) is 15.2. The Labute approximate surface area is 154 Å². The van der Waals surface area contributed by atoms with Crippen LogP contribution in [0.1, 0.15) is 42.7 Å². The molecule has 26 heavy (non-hydrogen) atoms. The highest BCUT2D eigenvalue weighted by Crippen LogP contribution is 2.38. The van der Waals surface area contributed by atoms with Gasteiger partial charge in [-0.25, -0.2) is 4.98 Å². The Morgan fingerprint density at radius 2 is 2.00 bits per heavy atom. The molecule has 1 fully saturated rings. The van der Waals surface area contributed by atoms with E-state index in [1.165, 1.54) is 36.0 Å². The summed E-state index contributed by atoms with van der Waals surface area (Å²) in [5.41, 5.74) is 6.06. The third-order valence-corrected chi connectivity index (χ3v) is 5.85. The van der Waals surface area contributed by atoms with Crippen LogP contribution in [0.5, 0.6) is 0 Å². The monoisotopic (exact) mass is 344 g/mol. The topological polar surface area (TPSA) is 29.3 Å². The molecule has 2 unspecified atom stereocenters. The normalized spacial score (nSPS) is 23.2. The predicted molar refractivity (Wildman–Crippen MR) is 105 cm³/mol. The molecule has 2 aromatic carbocycles. The van der Waals surface area contributed by atoms with Gasteiger partial charge in [0.2, 0.25) is 0 Å². The molecule has 0 aliphatic carbocycles. The Bertz CT molecular complexity index is 957. The number of rotatable bonds is 3. The predicted octanol–water partition coefficient (Wildman–Crippen LogP) is 5.35. The van der Waals surface area contributed by atoms with Crippen LogP contribution in [0, 0.1) is 6.92 Å². The Kier molecular flexibility index (Phi) is 3.90. The van der Waals surface area contributed by atoms with Crippen molar-refractivity contribution in [3.05, 3.63) is 71.6 Å². The van der Waals surface area contributed by atoms with Crippen molar-refractivity contribution in [2.75, 3.05) is 0 Å². The maximum atomic E-state index is 5.63. The smallest absolute Gasteiger partial charge is 0.192 e. The van der Waals surface area contributed by atoms with Crippen LogP contribution in [0.15, 0.2) is 59.0 Å². The van der Waals surface area contributed by atoms with Crippen molar-refractivity contribution < 1.29 is 4.42 Å². The number of hydrogen-bond acceptors (Lipinski definition) is 3. The van der Waals surface area contributed by atoms with Gasteiger partial charge in [0.05, 0.1) is 0 Å². The summed E-state index contributed by atoms with van der Waals surface area (Å²) in [5, 5.41) is 0. The third-order valence-electron chi connectivity index (χ3n) is 5.85. The van der Waals surface area contributed by atoms with Crippen molar-refractivity contribution in [3.63, 3.8) is 0 Å². The minimum absolute atomic E-state index is 0.549. The zero-order valence-electron chi connectivity index (χ0n) is 15.2. The van der Waals surface area contributed by atoms with Crippen molar-refractivity contribution in [1.82, 2.24) is 9.88 Å². The number of piperidine rings is 1. The average Bonchev–Trinajstić information content (AvgIpc) is 3.01. The largest absolute Gasteiger partial charge is 0.441 e. The van der Waals surface area contributed by atoms with Gasteiger partial charge < -0.3 is 4.42 Å². The molecule has 1 saturated heterocycles.